The second-order valence-corrected chi connectivity index (χ2v) is 9.66. The second kappa shape index (κ2) is 12.2. The predicted octanol–water partition coefficient (Wildman–Crippen LogP) is 6.38. The zero-order chi connectivity index (χ0) is 26.6. The number of aromatic nitrogens is 3. The number of aryl methyl sites for hydroxylation is 1. The molecule has 2 N–H and O–H groups in total. The minimum atomic E-state index is -0.335. The van der Waals surface area contributed by atoms with Crippen LogP contribution in [0.4, 0.5) is 0 Å². The molecule has 5 rings (SSSR count). The summed E-state index contributed by atoms with van der Waals surface area (Å²) in [4.78, 5) is 24.8. The van der Waals surface area contributed by atoms with E-state index in [4.69, 9.17) is 25.9 Å². The number of hydrogen-bond acceptors (Lipinski definition) is 8. The van der Waals surface area contributed by atoms with Crippen molar-refractivity contribution in [3.63, 3.8) is 0 Å². The molecule has 39 heavy (non-hydrogen) atoms. The maximum absolute atomic E-state index is 12.8. The number of rotatable bonds is 8. The van der Waals surface area contributed by atoms with Crippen LogP contribution in [0.2, 0.25) is 5.02 Å². The van der Waals surface area contributed by atoms with Crippen molar-refractivity contribution < 1.29 is 14.3 Å². The molecule has 0 aliphatic carbocycles. The molecule has 10 heteroatoms. The average Bonchev–Trinajstić information content (AvgIpc) is 3.31. The molecule has 0 amide bonds. The first-order valence-corrected chi connectivity index (χ1v) is 13.0. The number of nitrogens with zero attached hydrogens (tertiary/aromatic N) is 3. The van der Waals surface area contributed by atoms with E-state index in [1.165, 1.54) is 18.0 Å². The van der Waals surface area contributed by atoms with Crippen LogP contribution in [0.3, 0.4) is 0 Å². The van der Waals surface area contributed by atoms with Crippen molar-refractivity contribution in [3.05, 3.63) is 93.2 Å². The highest BCUT2D eigenvalue weighted by Crippen LogP contribution is 2.37. The van der Waals surface area contributed by atoms with Gasteiger partial charge in [0.25, 0.3) is 5.56 Å². The average molecular weight is 561 g/mol. The van der Waals surface area contributed by atoms with Crippen LogP contribution in [0.5, 0.6) is 5.75 Å². The van der Waals surface area contributed by atoms with Gasteiger partial charge in [0, 0.05) is 28.1 Å². The first kappa shape index (κ1) is 27.9. The number of H-pyrrole nitrogens is 1. The molecule has 0 spiro atoms. The van der Waals surface area contributed by atoms with Crippen LogP contribution in [-0.4, -0.2) is 33.3 Å². The summed E-state index contributed by atoms with van der Waals surface area (Å²) in [7, 11) is 0. The fourth-order valence-corrected chi connectivity index (χ4v) is 5.12. The highest BCUT2D eigenvalue weighted by Gasteiger charge is 2.21. The van der Waals surface area contributed by atoms with Gasteiger partial charge in [-0.05, 0) is 55.0 Å². The Morgan fingerprint density at radius 1 is 1.10 bits per heavy atom. The number of hydrogen-bond donors (Lipinski definition) is 2. The Hall–Kier alpha value is -4.10. The number of pyridine rings is 2. The lowest BCUT2D eigenvalue weighted by Crippen LogP contribution is -2.09. The molecule has 0 saturated heterocycles. The summed E-state index contributed by atoms with van der Waals surface area (Å²) in [5.74, 6) is 2.13. The van der Waals surface area contributed by atoms with Crippen LogP contribution in [-0.2, 0) is 5.75 Å². The number of aliphatic hydroxyl groups is 1. The number of ether oxygens (including phenoxy) is 1. The van der Waals surface area contributed by atoms with Gasteiger partial charge in [0.15, 0.2) is 0 Å². The number of aliphatic hydroxyl groups excluding tert-OH is 1. The Kier molecular flexibility index (Phi) is 8.72. The van der Waals surface area contributed by atoms with E-state index < -0.39 is 0 Å². The van der Waals surface area contributed by atoms with Crippen LogP contribution in [0.1, 0.15) is 24.4 Å². The molecule has 0 unspecified atom stereocenters. The lowest BCUT2D eigenvalue weighted by atomic mass is 9.97. The summed E-state index contributed by atoms with van der Waals surface area (Å²) in [5, 5.41) is 20.6. The van der Waals surface area contributed by atoms with E-state index in [0.29, 0.717) is 60.8 Å². The van der Waals surface area contributed by atoms with Gasteiger partial charge in [-0.2, -0.15) is 5.26 Å². The van der Waals surface area contributed by atoms with Crippen LogP contribution < -0.4 is 10.3 Å². The van der Waals surface area contributed by atoms with Crippen molar-refractivity contribution in [1.29, 1.82) is 5.26 Å². The largest absolute Gasteiger partial charge is 0.491 e. The van der Waals surface area contributed by atoms with Crippen molar-refractivity contribution in [3.8, 4) is 34.4 Å². The van der Waals surface area contributed by atoms with E-state index in [-0.39, 0.29) is 26.2 Å². The molecule has 3 aromatic heterocycles. The molecular weight excluding hydrogens is 536 g/mol. The summed E-state index contributed by atoms with van der Waals surface area (Å²) in [5.41, 5.74) is 3.14. The van der Waals surface area contributed by atoms with Gasteiger partial charge in [-0.25, -0.2) is 9.97 Å². The summed E-state index contributed by atoms with van der Waals surface area (Å²) in [6.45, 7) is 1.91. The maximum atomic E-state index is 12.8. The number of oxazole rings is 1. The lowest BCUT2D eigenvalue weighted by Gasteiger charge is -2.13. The Morgan fingerprint density at radius 2 is 1.82 bits per heavy atom. The Bertz CT molecular complexity index is 1710. The summed E-state index contributed by atoms with van der Waals surface area (Å²) >= 11 is 7.35. The van der Waals surface area contributed by atoms with E-state index in [9.17, 15) is 10.1 Å². The number of benzene rings is 2. The zero-order valence-electron chi connectivity index (χ0n) is 20.2. The molecule has 0 aliphatic heterocycles. The highest BCUT2D eigenvalue weighted by atomic mass is 35.5. The SMILES string of the molecule is C.Cc1oc(-c2ccc(Cl)cc2)nc1CSc1nc2cc[nH]c(=O)c2c(-c2ccc(OCCO)cc2)c1C#N. The minimum absolute atomic E-state index is 0. The molecule has 0 fully saturated rings. The molecular formula is C29H25ClN4O4S. The van der Waals surface area contributed by atoms with Crippen molar-refractivity contribution in [2.45, 2.75) is 25.1 Å². The number of nitrogens with one attached hydrogen (secondary N) is 1. The summed E-state index contributed by atoms with van der Waals surface area (Å²) < 4.78 is 11.3. The molecule has 0 radical (unpaired) electrons. The summed E-state index contributed by atoms with van der Waals surface area (Å²) in [6.07, 6.45) is 1.54. The molecule has 3 heterocycles. The third-order valence-corrected chi connectivity index (χ3v) is 7.06. The smallest absolute Gasteiger partial charge is 0.258 e. The minimum Gasteiger partial charge on any atom is -0.491 e. The maximum Gasteiger partial charge on any atom is 0.258 e. The van der Waals surface area contributed by atoms with Gasteiger partial charge in [0.2, 0.25) is 5.89 Å². The standard InChI is InChI=1S/C28H21ClN4O4S.CH4/c1-16-23(32-27(37-16)18-2-6-19(29)7-3-18)15-38-28-21(14-30)24(25-22(33-28)10-11-31-26(25)35)17-4-8-20(9-5-17)36-13-12-34;/h2-11,34H,12-13,15H2,1H3,(H,31,35);1H4. The number of nitriles is 1. The number of thioether (sulfide) groups is 1. The molecule has 2 aromatic carbocycles. The highest BCUT2D eigenvalue weighted by molar-refractivity contribution is 7.98. The van der Waals surface area contributed by atoms with Gasteiger partial charge in [0.1, 0.15) is 29.2 Å². The number of aromatic amines is 1. The van der Waals surface area contributed by atoms with Crippen molar-refractivity contribution in [2.75, 3.05) is 13.2 Å². The third-order valence-electron chi connectivity index (χ3n) is 5.82. The molecule has 8 nitrogen and oxygen atoms in total. The molecule has 0 atom stereocenters. The van der Waals surface area contributed by atoms with Crippen molar-refractivity contribution in [1.82, 2.24) is 15.0 Å². The van der Waals surface area contributed by atoms with E-state index >= 15 is 0 Å². The van der Waals surface area contributed by atoms with Gasteiger partial charge >= 0.3 is 0 Å². The molecule has 0 saturated carbocycles. The Labute approximate surface area is 234 Å². The van der Waals surface area contributed by atoms with Crippen LogP contribution >= 0.6 is 23.4 Å². The second-order valence-electron chi connectivity index (χ2n) is 8.26. The Morgan fingerprint density at radius 3 is 2.51 bits per heavy atom. The predicted molar refractivity (Wildman–Crippen MR) is 153 cm³/mol. The van der Waals surface area contributed by atoms with E-state index in [1.807, 2.05) is 19.1 Å². The van der Waals surface area contributed by atoms with Crippen molar-refractivity contribution >= 4 is 34.3 Å². The van der Waals surface area contributed by atoms with Gasteiger partial charge in [-0.1, -0.05) is 42.9 Å². The molecule has 0 bridgehead atoms. The molecule has 5 aromatic rings. The van der Waals surface area contributed by atoms with E-state index in [2.05, 4.69) is 21.0 Å². The normalized spacial score (nSPS) is 10.7. The van der Waals surface area contributed by atoms with Gasteiger partial charge in [-0.3, -0.25) is 4.79 Å². The number of fused-ring (bicyclic) bond motifs is 1. The van der Waals surface area contributed by atoms with Gasteiger partial charge in [0.05, 0.1) is 28.8 Å². The fraction of sp³-hybridized carbons (Fsp3) is 0.172. The fourth-order valence-electron chi connectivity index (χ4n) is 3.99. The van der Waals surface area contributed by atoms with Gasteiger partial charge < -0.3 is 19.2 Å². The van der Waals surface area contributed by atoms with Crippen LogP contribution in [0, 0.1) is 18.3 Å². The quantitative estimate of drug-likeness (QED) is 0.209. The zero-order valence-corrected chi connectivity index (χ0v) is 21.8. The first-order valence-electron chi connectivity index (χ1n) is 11.6. The topological polar surface area (TPSA) is 125 Å². The lowest BCUT2D eigenvalue weighted by molar-refractivity contribution is 0.201. The van der Waals surface area contributed by atoms with Gasteiger partial charge in [-0.15, -0.1) is 0 Å². The first-order chi connectivity index (χ1) is 18.5. The third kappa shape index (κ3) is 5.83. The van der Waals surface area contributed by atoms with Crippen molar-refractivity contribution in [2.24, 2.45) is 0 Å². The van der Waals surface area contributed by atoms with E-state index in [0.717, 1.165) is 11.3 Å². The van der Waals surface area contributed by atoms with Crippen LogP contribution in [0.15, 0.2) is 75.0 Å². The van der Waals surface area contributed by atoms with Crippen LogP contribution in [0.25, 0.3) is 33.5 Å². The monoisotopic (exact) mass is 560 g/mol. The Balaban J connectivity index is 0.00000353. The van der Waals surface area contributed by atoms with E-state index in [1.54, 1.807) is 42.5 Å². The summed E-state index contributed by atoms with van der Waals surface area (Å²) in [6, 6.07) is 18.2. The molecule has 0 aliphatic rings. The number of halogens is 1. The molecule has 198 valence electrons.